The molecule has 0 unspecified atom stereocenters. The first-order valence-electron chi connectivity index (χ1n) is 9.05. The van der Waals surface area contributed by atoms with Crippen LogP contribution in [0.25, 0.3) is 0 Å². The smallest absolute Gasteiger partial charge is 0.312 e. The van der Waals surface area contributed by atoms with Gasteiger partial charge in [-0.2, -0.15) is 0 Å². The molecule has 0 radical (unpaired) electrons. The highest BCUT2D eigenvalue weighted by molar-refractivity contribution is 6.35. The van der Waals surface area contributed by atoms with E-state index in [2.05, 4.69) is 41.4 Å². The molecule has 1 aromatic rings. The number of carbonyl (C=O) groups is 2. The van der Waals surface area contributed by atoms with Crippen LogP contribution in [0.4, 0.5) is 5.69 Å². The standard InChI is InChI=1S/C19H27N3O2/c1-15-6-5-9-17(14-15)21-10-12-22(13-11-21)19(24)18(23)20-16-7-3-2-4-8-16/h5-6,9,14,16H,2-4,7-8,10-13H2,1H3,(H,20,23). The van der Waals surface area contributed by atoms with Crippen LogP contribution in [0, 0.1) is 6.92 Å². The SMILES string of the molecule is Cc1cccc(N2CCN(C(=O)C(=O)NC3CCCCC3)CC2)c1. The molecule has 24 heavy (non-hydrogen) atoms. The zero-order valence-electron chi connectivity index (χ0n) is 14.5. The van der Waals surface area contributed by atoms with E-state index in [1.165, 1.54) is 17.7 Å². The lowest BCUT2D eigenvalue weighted by atomic mass is 9.95. The molecule has 2 amide bonds. The number of carbonyl (C=O) groups excluding carboxylic acids is 2. The van der Waals surface area contributed by atoms with Gasteiger partial charge in [0.15, 0.2) is 0 Å². The van der Waals surface area contributed by atoms with Crippen LogP contribution in [0.3, 0.4) is 0 Å². The van der Waals surface area contributed by atoms with Gasteiger partial charge in [-0.25, -0.2) is 0 Å². The number of anilines is 1. The highest BCUT2D eigenvalue weighted by atomic mass is 16.2. The van der Waals surface area contributed by atoms with E-state index in [1.807, 2.05) is 0 Å². The zero-order valence-corrected chi connectivity index (χ0v) is 14.5. The number of rotatable bonds is 2. The second-order valence-electron chi connectivity index (χ2n) is 6.93. The topological polar surface area (TPSA) is 52.7 Å². The molecule has 1 aromatic carbocycles. The fraction of sp³-hybridized carbons (Fsp3) is 0.579. The minimum Gasteiger partial charge on any atom is -0.368 e. The molecule has 1 saturated carbocycles. The van der Waals surface area contributed by atoms with Gasteiger partial charge in [-0.3, -0.25) is 9.59 Å². The van der Waals surface area contributed by atoms with Crippen molar-refractivity contribution in [1.29, 1.82) is 0 Å². The van der Waals surface area contributed by atoms with E-state index in [1.54, 1.807) is 4.90 Å². The predicted molar refractivity (Wildman–Crippen MR) is 95.0 cm³/mol. The maximum atomic E-state index is 12.4. The van der Waals surface area contributed by atoms with Crippen molar-refractivity contribution in [3.63, 3.8) is 0 Å². The summed E-state index contributed by atoms with van der Waals surface area (Å²) in [6.45, 7) is 4.83. The Kier molecular flexibility index (Phi) is 5.38. The van der Waals surface area contributed by atoms with Gasteiger partial charge >= 0.3 is 11.8 Å². The van der Waals surface area contributed by atoms with Crippen molar-refractivity contribution in [3.8, 4) is 0 Å². The quantitative estimate of drug-likeness (QED) is 0.846. The van der Waals surface area contributed by atoms with Crippen LogP contribution in [0.2, 0.25) is 0 Å². The van der Waals surface area contributed by atoms with Crippen molar-refractivity contribution in [2.24, 2.45) is 0 Å². The third-order valence-corrected chi connectivity index (χ3v) is 5.07. The van der Waals surface area contributed by atoms with Crippen LogP contribution in [0.15, 0.2) is 24.3 Å². The molecule has 5 heteroatoms. The summed E-state index contributed by atoms with van der Waals surface area (Å²) < 4.78 is 0. The lowest BCUT2D eigenvalue weighted by Gasteiger charge is -2.36. The lowest BCUT2D eigenvalue weighted by molar-refractivity contribution is -0.146. The van der Waals surface area contributed by atoms with E-state index >= 15 is 0 Å². The third-order valence-electron chi connectivity index (χ3n) is 5.07. The molecule has 0 atom stereocenters. The Balaban J connectivity index is 1.50. The molecule has 5 nitrogen and oxygen atoms in total. The van der Waals surface area contributed by atoms with E-state index < -0.39 is 5.91 Å². The summed E-state index contributed by atoms with van der Waals surface area (Å²) in [5.41, 5.74) is 2.42. The Hall–Kier alpha value is -2.04. The number of piperazine rings is 1. The number of amides is 2. The Morgan fingerprint density at radius 1 is 1.04 bits per heavy atom. The van der Waals surface area contributed by atoms with Gasteiger partial charge in [0.05, 0.1) is 0 Å². The molecule has 2 fully saturated rings. The van der Waals surface area contributed by atoms with Crippen LogP contribution in [0.1, 0.15) is 37.7 Å². The molecule has 1 N–H and O–H groups in total. The first-order valence-corrected chi connectivity index (χ1v) is 9.05. The molecular weight excluding hydrogens is 302 g/mol. The molecule has 1 heterocycles. The zero-order chi connectivity index (χ0) is 16.9. The summed E-state index contributed by atoms with van der Waals surface area (Å²) in [5, 5.41) is 2.92. The fourth-order valence-corrected chi connectivity index (χ4v) is 3.63. The minimum atomic E-state index is -0.425. The number of nitrogens with one attached hydrogen (secondary N) is 1. The van der Waals surface area contributed by atoms with Crippen LogP contribution in [-0.2, 0) is 9.59 Å². The average Bonchev–Trinajstić information content (AvgIpc) is 2.62. The summed E-state index contributed by atoms with van der Waals surface area (Å²) in [4.78, 5) is 28.5. The van der Waals surface area contributed by atoms with Gasteiger partial charge in [0, 0.05) is 37.9 Å². The van der Waals surface area contributed by atoms with Crippen molar-refractivity contribution in [3.05, 3.63) is 29.8 Å². The monoisotopic (exact) mass is 329 g/mol. The summed E-state index contributed by atoms with van der Waals surface area (Å²) in [7, 11) is 0. The highest BCUT2D eigenvalue weighted by Crippen LogP contribution is 2.19. The van der Waals surface area contributed by atoms with Crippen LogP contribution < -0.4 is 10.2 Å². The van der Waals surface area contributed by atoms with Gasteiger partial charge in [-0.15, -0.1) is 0 Å². The van der Waals surface area contributed by atoms with Crippen molar-refractivity contribution in [2.45, 2.75) is 45.1 Å². The number of nitrogens with zero attached hydrogens (tertiary/aromatic N) is 2. The lowest BCUT2D eigenvalue weighted by Crippen LogP contribution is -2.54. The number of benzene rings is 1. The molecule has 1 aliphatic carbocycles. The van der Waals surface area contributed by atoms with Gasteiger partial charge < -0.3 is 15.1 Å². The van der Waals surface area contributed by atoms with E-state index in [4.69, 9.17) is 0 Å². The molecular formula is C19H27N3O2. The predicted octanol–water partition coefficient (Wildman–Crippen LogP) is 2.09. The third kappa shape index (κ3) is 4.08. The molecule has 0 bridgehead atoms. The van der Waals surface area contributed by atoms with Crippen molar-refractivity contribution in [1.82, 2.24) is 10.2 Å². The number of hydrogen-bond acceptors (Lipinski definition) is 3. The number of hydrogen-bond donors (Lipinski definition) is 1. The molecule has 2 aliphatic rings. The van der Waals surface area contributed by atoms with Gasteiger partial charge in [-0.1, -0.05) is 31.4 Å². The Labute approximate surface area is 144 Å². The van der Waals surface area contributed by atoms with Crippen LogP contribution >= 0.6 is 0 Å². The summed E-state index contributed by atoms with van der Waals surface area (Å²) in [6.07, 6.45) is 5.53. The average molecular weight is 329 g/mol. The minimum absolute atomic E-state index is 0.184. The Bertz CT molecular complexity index is 588. The highest BCUT2D eigenvalue weighted by Gasteiger charge is 2.27. The second kappa shape index (κ2) is 7.69. The van der Waals surface area contributed by atoms with Crippen molar-refractivity contribution in [2.75, 3.05) is 31.1 Å². The Morgan fingerprint density at radius 3 is 2.42 bits per heavy atom. The van der Waals surface area contributed by atoms with E-state index in [-0.39, 0.29) is 11.9 Å². The first-order chi connectivity index (χ1) is 11.6. The summed E-state index contributed by atoms with van der Waals surface area (Å²) in [5.74, 6) is -0.796. The number of aryl methyl sites for hydroxylation is 1. The van der Waals surface area contributed by atoms with Gasteiger partial charge in [-0.05, 0) is 37.5 Å². The maximum absolute atomic E-state index is 12.4. The van der Waals surface area contributed by atoms with E-state index in [0.717, 1.165) is 38.8 Å². The van der Waals surface area contributed by atoms with Gasteiger partial charge in [0.25, 0.3) is 0 Å². The maximum Gasteiger partial charge on any atom is 0.312 e. The second-order valence-corrected chi connectivity index (χ2v) is 6.93. The van der Waals surface area contributed by atoms with Gasteiger partial charge in [0.1, 0.15) is 0 Å². The summed E-state index contributed by atoms with van der Waals surface area (Å²) in [6, 6.07) is 8.58. The van der Waals surface area contributed by atoms with Gasteiger partial charge in [0.2, 0.25) is 0 Å². The molecule has 0 aromatic heterocycles. The Morgan fingerprint density at radius 2 is 1.75 bits per heavy atom. The van der Waals surface area contributed by atoms with Crippen molar-refractivity contribution < 1.29 is 9.59 Å². The van der Waals surface area contributed by atoms with Crippen LogP contribution in [0.5, 0.6) is 0 Å². The first kappa shape index (κ1) is 16.8. The van der Waals surface area contributed by atoms with E-state index in [0.29, 0.717) is 13.1 Å². The normalized spacial score (nSPS) is 19.2. The van der Waals surface area contributed by atoms with E-state index in [9.17, 15) is 9.59 Å². The molecule has 3 rings (SSSR count). The molecule has 1 saturated heterocycles. The fourth-order valence-electron chi connectivity index (χ4n) is 3.63. The largest absolute Gasteiger partial charge is 0.368 e. The molecule has 1 aliphatic heterocycles. The molecule has 0 spiro atoms. The molecule has 130 valence electrons. The van der Waals surface area contributed by atoms with Crippen molar-refractivity contribution >= 4 is 17.5 Å². The van der Waals surface area contributed by atoms with Crippen LogP contribution in [-0.4, -0.2) is 48.9 Å². The summed E-state index contributed by atoms with van der Waals surface area (Å²) >= 11 is 0.